The fourth-order valence-electron chi connectivity index (χ4n) is 2.57. The van der Waals surface area contributed by atoms with E-state index in [0.717, 1.165) is 38.0 Å². The number of likely N-dealkylation sites (tertiary alicyclic amines) is 1. The Balaban J connectivity index is 1.86. The lowest BCUT2D eigenvalue weighted by atomic mass is 10.00. The first-order valence-electron chi connectivity index (χ1n) is 5.68. The average Bonchev–Trinajstić information content (AvgIpc) is 2.62. The molecule has 2 heterocycles. The first-order chi connectivity index (χ1) is 6.59. The number of ether oxygens (including phenoxy) is 1. The van der Waals surface area contributed by atoms with Crippen molar-refractivity contribution in [3.05, 3.63) is 0 Å². The van der Waals surface area contributed by atoms with E-state index in [4.69, 9.17) is 10.5 Å². The average molecular weight is 198 g/mol. The standard InChI is InChI=1S/C11H22N2O/c1-9-5-13(6-10(9)2)7-11(12)3-4-14-8-11/h9-10H,3-8,12H2,1-2H3. The van der Waals surface area contributed by atoms with Crippen molar-refractivity contribution in [2.24, 2.45) is 17.6 Å². The Hall–Kier alpha value is -0.120. The second-order valence-electron chi connectivity index (χ2n) is 5.31. The first kappa shape index (κ1) is 10.4. The zero-order chi connectivity index (χ0) is 10.2. The first-order valence-corrected chi connectivity index (χ1v) is 5.68. The van der Waals surface area contributed by atoms with Gasteiger partial charge in [-0.05, 0) is 18.3 Å². The van der Waals surface area contributed by atoms with Crippen molar-refractivity contribution in [3.8, 4) is 0 Å². The maximum absolute atomic E-state index is 6.26. The van der Waals surface area contributed by atoms with Crippen LogP contribution in [0.25, 0.3) is 0 Å². The van der Waals surface area contributed by atoms with Crippen LogP contribution in [-0.4, -0.2) is 43.3 Å². The van der Waals surface area contributed by atoms with Crippen molar-refractivity contribution in [2.45, 2.75) is 25.8 Å². The third-order valence-electron chi connectivity index (χ3n) is 3.74. The summed E-state index contributed by atoms with van der Waals surface area (Å²) >= 11 is 0. The predicted octanol–water partition coefficient (Wildman–Crippen LogP) is 0.692. The van der Waals surface area contributed by atoms with E-state index in [-0.39, 0.29) is 5.54 Å². The van der Waals surface area contributed by atoms with Crippen LogP contribution in [0.3, 0.4) is 0 Å². The zero-order valence-electron chi connectivity index (χ0n) is 9.33. The lowest BCUT2D eigenvalue weighted by Crippen LogP contribution is -2.50. The Morgan fingerprint density at radius 3 is 2.50 bits per heavy atom. The van der Waals surface area contributed by atoms with Crippen LogP contribution in [0.1, 0.15) is 20.3 Å². The molecular formula is C11H22N2O. The van der Waals surface area contributed by atoms with Crippen molar-refractivity contribution in [1.29, 1.82) is 0 Å². The quantitative estimate of drug-likeness (QED) is 0.709. The highest BCUT2D eigenvalue weighted by Crippen LogP contribution is 2.25. The van der Waals surface area contributed by atoms with E-state index in [1.165, 1.54) is 13.1 Å². The van der Waals surface area contributed by atoms with Crippen LogP contribution in [0.2, 0.25) is 0 Å². The maximum Gasteiger partial charge on any atom is 0.0659 e. The van der Waals surface area contributed by atoms with Crippen LogP contribution in [0.4, 0.5) is 0 Å². The molecular weight excluding hydrogens is 176 g/mol. The Labute approximate surface area is 86.6 Å². The second kappa shape index (κ2) is 3.80. The summed E-state index contributed by atoms with van der Waals surface area (Å²) in [6.45, 7) is 9.68. The molecule has 0 aliphatic carbocycles. The van der Waals surface area contributed by atoms with Crippen LogP contribution < -0.4 is 5.73 Å². The van der Waals surface area contributed by atoms with Crippen LogP contribution in [-0.2, 0) is 4.74 Å². The molecule has 3 atom stereocenters. The Morgan fingerprint density at radius 1 is 1.36 bits per heavy atom. The largest absolute Gasteiger partial charge is 0.379 e. The van der Waals surface area contributed by atoms with Gasteiger partial charge in [0.1, 0.15) is 0 Å². The minimum absolute atomic E-state index is 0.0657. The lowest BCUT2D eigenvalue weighted by Gasteiger charge is -2.28. The van der Waals surface area contributed by atoms with Crippen molar-refractivity contribution in [2.75, 3.05) is 32.8 Å². The van der Waals surface area contributed by atoms with E-state index >= 15 is 0 Å². The van der Waals surface area contributed by atoms with Crippen LogP contribution in [0.15, 0.2) is 0 Å². The van der Waals surface area contributed by atoms with Crippen molar-refractivity contribution < 1.29 is 4.74 Å². The van der Waals surface area contributed by atoms with Gasteiger partial charge in [-0.25, -0.2) is 0 Å². The predicted molar refractivity (Wildman–Crippen MR) is 57.1 cm³/mol. The van der Waals surface area contributed by atoms with Gasteiger partial charge in [0.15, 0.2) is 0 Å². The van der Waals surface area contributed by atoms with Crippen LogP contribution >= 0.6 is 0 Å². The highest BCUT2D eigenvalue weighted by atomic mass is 16.5. The topological polar surface area (TPSA) is 38.5 Å². The molecule has 2 aliphatic rings. The van der Waals surface area contributed by atoms with Crippen LogP contribution in [0, 0.1) is 11.8 Å². The molecule has 3 unspecified atom stereocenters. The second-order valence-corrected chi connectivity index (χ2v) is 5.31. The molecule has 2 aliphatic heterocycles. The summed E-state index contributed by atoms with van der Waals surface area (Å²) in [5, 5.41) is 0. The number of hydrogen-bond donors (Lipinski definition) is 1. The SMILES string of the molecule is CC1CN(CC2(N)CCOC2)CC1C. The summed E-state index contributed by atoms with van der Waals surface area (Å²) < 4.78 is 5.37. The molecule has 0 amide bonds. The minimum atomic E-state index is -0.0657. The van der Waals surface area contributed by atoms with Gasteiger partial charge < -0.3 is 15.4 Å². The molecule has 0 spiro atoms. The molecule has 3 nitrogen and oxygen atoms in total. The molecule has 14 heavy (non-hydrogen) atoms. The number of hydrogen-bond acceptors (Lipinski definition) is 3. The van der Waals surface area contributed by atoms with Gasteiger partial charge in [0.05, 0.1) is 12.1 Å². The van der Waals surface area contributed by atoms with Crippen LogP contribution in [0.5, 0.6) is 0 Å². The molecule has 0 aromatic rings. The molecule has 2 saturated heterocycles. The molecule has 2 fully saturated rings. The van der Waals surface area contributed by atoms with E-state index < -0.39 is 0 Å². The zero-order valence-corrected chi connectivity index (χ0v) is 9.33. The summed E-state index contributed by atoms with van der Waals surface area (Å²) in [5.74, 6) is 1.64. The summed E-state index contributed by atoms with van der Waals surface area (Å²) in [6.07, 6.45) is 1.02. The van der Waals surface area contributed by atoms with Gasteiger partial charge in [-0.15, -0.1) is 0 Å². The lowest BCUT2D eigenvalue weighted by molar-refractivity contribution is 0.159. The number of nitrogens with two attached hydrogens (primary N) is 1. The van der Waals surface area contributed by atoms with Gasteiger partial charge in [0, 0.05) is 26.2 Å². The highest BCUT2D eigenvalue weighted by molar-refractivity contribution is 4.93. The minimum Gasteiger partial charge on any atom is -0.379 e. The van der Waals surface area contributed by atoms with Gasteiger partial charge in [-0.2, -0.15) is 0 Å². The Morgan fingerprint density at radius 2 is 2.00 bits per heavy atom. The van der Waals surface area contributed by atoms with Crippen molar-refractivity contribution >= 4 is 0 Å². The van der Waals surface area contributed by atoms with E-state index in [2.05, 4.69) is 18.7 Å². The fraction of sp³-hybridized carbons (Fsp3) is 1.00. The van der Waals surface area contributed by atoms with Gasteiger partial charge >= 0.3 is 0 Å². The number of nitrogens with zero attached hydrogens (tertiary/aromatic N) is 1. The molecule has 82 valence electrons. The van der Waals surface area contributed by atoms with Crippen molar-refractivity contribution in [3.63, 3.8) is 0 Å². The molecule has 2 rings (SSSR count). The summed E-state index contributed by atoms with van der Waals surface area (Å²) in [6, 6.07) is 0. The Kier molecular flexibility index (Phi) is 2.82. The summed E-state index contributed by atoms with van der Waals surface area (Å²) in [5.41, 5.74) is 6.20. The van der Waals surface area contributed by atoms with Gasteiger partial charge in [0.2, 0.25) is 0 Å². The fourth-order valence-corrected chi connectivity index (χ4v) is 2.57. The molecule has 2 N–H and O–H groups in total. The smallest absolute Gasteiger partial charge is 0.0659 e. The molecule has 0 aromatic heterocycles. The van der Waals surface area contributed by atoms with E-state index in [1.54, 1.807) is 0 Å². The Bertz CT molecular complexity index is 191. The molecule has 0 saturated carbocycles. The molecule has 0 bridgehead atoms. The highest BCUT2D eigenvalue weighted by Gasteiger charge is 2.35. The van der Waals surface area contributed by atoms with E-state index in [0.29, 0.717) is 0 Å². The third-order valence-corrected chi connectivity index (χ3v) is 3.74. The van der Waals surface area contributed by atoms with E-state index in [1.807, 2.05) is 0 Å². The molecule has 0 aromatic carbocycles. The third kappa shape index (κ3) is 2.10. The normalized spacial score (nSPS) is 44.8. The maximum atomic E-state index is 6.26. The van der Waals surface area contributed by atoms with E-state index in [9.17, 15) is 0 Å². The summed E-state index contributed by atoms with van der Waals surface area (Å²) in [4.78, 5) is 2.50. The molecule has 3 heteroatoms. The van der Waals surface area contributed by atoms with Gasteiger partial charge in [0.25, 0.3) is 0 Å². The van der Waals surface area contributed by atoms with Gasteiger partial charge in [-0.1, -0.05) is 13.8 Å². The monoisotopic (exact) mass is 198 g/mol. The van der Waals surface area contributed by atoms with Crippen molar-refractivity contribution in [1.82, 2.24) is 4.90 Å². The molecule has 0 radical (unpaired) electrons. The summed E-state index contributed by atoms with van der Waals surface area (Å²) in [7, 11) is 0. The number of rotatable bonds is 2. The van der Waals surface area contributed by atoms with Gasteiger partial charge in [-0.3, -0.25) is 0 Å².